The van der Waals surface area contributed by atoms with Crippen molar-refractivity contribution >= 4 is 6.09 Å². The van der Waals surface area contributed by atoms with Gasteiger partial charge in [0.1, 0.15) is 5.60 Å². The quantitative estimate of drug-likeness (QED) is 0.774. The number of hydrogen-bond acceptors (Lipinski definition) is 5. The third kappa shape index (κ3) is 5.18. The first kappa shape index (κ1) is 15.9. The number of rotatable bonds is 5. The first-order chi connectivity index (χ1) is 8.80. The van der Waals surface area contributed by atoms with Gasteiger partial charge in [-0.15, -0.1) is 0 Å². The van der Waals surface area contributed by atoms with E-state index >= 15 is 0 Å². The van der Waals surface area contributed by atoms with E-state index in [9.17, 15) is 4.79 Å². The Bertz CT molecular complexity index is 336. The zero-order chi connectivity index (χ0) is 14.5. The number of carbonyl (C=O) groups is 1. The van der Waals surface area contributed by atoms with E-state index in [-0.39, 0.29) is 0 Å². The summed E-state index contributed by atoms with van der Waals surface area (Å²) in [5.41, 5.74) is -0.506. The van der Waals surface area contributed by atoms with Crippen LogP contribution in [0.4, 0.5) is 4.79 Å². The van der Waals surface area contributed by atoms with Gasteiger partial charge in [0.25, 0.3) is 0 Å². The zero-order valence-corrected chi connectivity index (χ0v) is 12.2. The van der Waals surface area contributed by atoms with Crippen LogP contribution in [0.3, 0.4) is 0 Å². The molecule has 0 saturated carbocycles. The summed E-state index contributed by atoms with van der Waals surface area (Å²) in [5.74, 6) is -0.851. The Morgan fingerprint density at radius 2 is 2.11 bits per heavy atom. The molecule has 1 rings (SSSR count). The second-order valence-electron chi connectivity index (χ2n) is 5.28. The highest BCUT2D eigenvalue weighted by molar-refractivity contribution is 5.67. The second kappa shape index (κ2) is 6.36. The van der Waals surface area contributed by atoms with Crippen molar-refractivity contribution in [3.63, 3.8) is 0 Å². The summed E-state index contributed by atoms with van der Waals surface area (Å²) < 4.78 is 21.1. The van der Waals surface area contributed by atoms with Crippen LogP contribution in [0.25, 0.3) is 0 Å². The van der Waals surface area contributed by atoms with Gasteiger partial charge in [0.15, 0.2) is 12.1 Å². The van der Waals surface area contributed by atoms with Crippen molar-refractivity contribution in [2.24, 2.45) is 0 Å². The highest BCUT2D eigenvalue weighted by atomic mass is 16.8. The molecule has 0 aromatic rings. The molecule has 1 aliphatic heterocycles. The molecule has 2 unspecified atom stereocenters. The maximum absolute atomic E-state index is 11.5. The van der Waals surface area contributed by atoms with Gasteiger partial charge in [-0.3, -0.25) is 0 Å². The van der Waals surface area contributed by atoms with Gasteiger partial charge in [0, 0.05) is 27.2 Å². The number of hydrogen-bond donors (Lipinski definition) is 1. The molecule has 0 radical (unpaired) electrons. The van der Waals surface area contributed by atoms with Crippen molar-refractivity contribution in [3.8, 4) is 0 Å². The number of nitrogens with one attached hydrogen (secondary N) is 1. The van der Waals surface area contributed by atoms with Crippen LogP contribution in [0.2, 0.25) is 0 Å². The summed E-state index contributed by atoms with van der Waals surface area (Å²) in [6.07, 6.45) is 3.17. The molecule has 1 heterocycles. The van der Waals surface area contributed by atoms with E-state index in [4.69, 9.17) is 18.9 Å². The SMILES string of the molecule is COC1C=CC(CCNC(=O)OC(C)(C)C)(OC)O1. The van der Waals surface area contributed by atoms with Crippen LogP contribution in [-0.2, 0) is 18.9 Å². The average molecular weight is 273 g/mol. The van der Waals surface area contributed by atoms with E-state index in [1.807, 2.05) is 20.8 Å². The Morgan fingerprint density at radius 1 is 1.42 bits per heavy atom. The largest absolute Gasteiger partial charge is 0.444 e. The Balaban J connectivity index is 2.36. The summed E-state index contributed by atoms with van der Waals surface area (Å²) in [6, 6.07) is 0. The van der Waals surface area contributed by atoms with E-state index in [0.29, 0.717) is 13.0 Å². The van der Waals surface area contributed by atoms with Crippen LogP contribution >= 0.6 is 0 Å². The second-order valence-corrected chi connectivity index (χ2v) is 5.28. The molecule has 2 atom stereocenters. The van der Waals surface area contributed by atoms with Gasteiger partial charge in [0.05, 0.1) is 0 Å². The molecule has 0 bridgehead atoms. The molecule has 0 saturated heterocycles. The van der Waals surface area contributed by atoms with Crippen LogP contribution in [0, 0.1) is 0 Å². The first-order valence-electron chi connectivity index (χ1n) is 6.22. The molecule has 1 N–H and O–H groups in total. The maximum atomic E-state index is 11.5. The molecule has 0 spiro atoms. The van der Waals surface area contributed by atoms with Crippen LogP contribution in [-0.4, -0.2) is 44.5 Å². The molecule has 0 aromatic carbocycles. The van der Waals surface area contributed by atoms with Gasteiger partial charge in [-0.2, -0.15) is 0 Å². The zero-order valence-electron chi connectivity index (χ0n) is 12.2. The van der Waals surface area contributed by atoms with E-state index < -0.39 is 23.8 Å². The smallest absolute Gasteiger partial charge is 0.407 e. The fraction of sp³-hybridized carbons (Fsp3) is 0.769. The molecule has 0 fully saturated rings. The molecular weight excluding hydrogens is 250 g/mol. The number of ether oxygens (including phenoxy) is 4. The molecule has 1 aliphatic rings. The third-order valence-electron chi connectivity index (χ3n) is 2.54. The Kier molecular flexibility index (Phi) is 5.34. The van der Waals surface area contributed by atoms with Gasteiger partial charge < -0.3 is 24.3 Å². The Labute approximate surface area is 114 Å². The molecule has 0 aliphatic carbocycles. The summed E-state index contributed by atoms with van der Waals surface area (Å²) in [7, 11) is 3.11. The molecular formula is C13H23NO5. The fourth-order valence-corrected chi connectivity index (χ4v) is 1.64. The summed E-state index contributed by atoms with van der Waals surface area (Å²) in [4.78, 5) is 11.5. The monoisotopic (exact) mass is 273 g/mol. The molecule has 6 nitrogen and oxygen atoms in total. The predicted octanol–water partition coefficient (Wildman–Crippen LogP) is 1.80. The van der Waals surface area contributed by atoms with Crippen molar-refractivity contribution < 1.29 is 23.7 Å². The standard InChI is InChI=1S/C13H23NO5/c1-12(2,3)19-11(15)14-9-8-13(17-5)7-6-10(16-4)18-13/h6-7,10H,8-9H2,1-5H3,(H,14,15). The van der Waals surface area contributed by atoms with E-state index in [2.05, 4.69) is 5.32 Å². The van der Waals surface area contributed by atoms with E-state index in [1.54, 1.807) is 26.4 Å². The average Bonchev–Trinajstić information content (AvgIpc) is 2.71. The lowest BCUT2D eigenvalue weighted by molar-refractivity contribution is -0.243. The Morgan fingerprint density at radius 3 is 2.58 bits per heavy atom. The minimum atomic E-state index is -0.851. The predicted molar refractivity (Wildman–Crippen MR) is 69.6 cm³/mol. The summed E-state index contributed by atoms with van der Waals surface area (Å²) in [5, 5.41) is 2.66. The number of carbonyl (C=O) groups excluding carboxylic acids is 1. The maximum Gasteiger partial charge on any atom is 0.407 e. The van der Waals surface area contributed by atoms with Gasteiger partial charge in [0.2, 0.25) is 0 Å². The number of methoxy groups -OCH3 is 2. The van der Waals surface area contributed by atoms with Gasteiger partial charge in [-0.25, -0.2) is 4.79 Å². The van der Waals surface area contributed by atoms with E-state index in [0.717, 1.165) is 0 Å². The van der Waals surface area contributed by atoms with Crippen molar-refractivity contribution in [1.82, 2.24) is 5.32 Å². The highest BCUT2D eigenvalue weighted by Gasteiger charge is 2.35. The lowest BCUT2D eigenvalue weighted by Crippen LogP contribution is -2.39. The normalized spacial score (nSPS) is 26.5. The van der Waals surface area contributed by atoms with Crippen LogP contribution in [0.15, 0.2) is 12.2 Å². The lowest BCUT2D eigenvalue weighted by atomic mass is 10.2. The van der Waals surface area contributed by atoms with Crippen molar-refractivity contribution in [1.29, 1.82) is 0 Å². The Hall–Kier alpha value is -1.11. The molecule has 6 heteroatoms. The number of alkyl carbamates (subject to hydrolysis) is 1. The lowest BCUT2D eigenvalue weighted by Gasteiger charge is -2.27. The highest BCUT2D eigenvalue weighted by Crippen LogP contribution is 2.27. The first-order valence-corrected chi connectivity index (χ1v) is 6.22. The van der Waals surface area contributed by atoms with Crippen LogP contribution in [0.5, 0.6) is 0 Å². The minimum absolute atomic E-state index is 0.378. The van der Waals surface area contributed by atoms with Crippen molar-refractivity contribution in [2.75, 3.05) is 20.8 Å². The van der Waals surface area contributed by atoms with Crippen molar-refractivity contribution in [3.05, 3.63) is 12.2 Å². The van der Waals surface area contributed by atoms with E-state index in [1.165, 1.54) is 0 Å². The fourth-order valence-electron chi connectivity index (χ4n) is 1.64. The third-order valence-corrected chi connectivity index (χ3v) is 2.54. The van der Waals surface area contributed by atoms with Gasteiger partial charge in [-0.05, 0) is 32.9 Å². The molecule has 0 aromatic heterocycles. The molecule has 19 heavy (non-hydrogen) atoms. The van der Waals surface area contributed by atoms with Crippen LogP contribution in [0.1, 0.15) is 27.2 Å². The van der Waals surface area contributed by atoms with Crippen LogP contribution < -0.4 is 5.32 Å². The topological polar surface area (TPSA) is 66.0 Å². The molecule has 1 amide bonds. The minimum Gasteiger partial charge on any atom is -0.444 e. The summed E-state index contributed by atoms with van der Waals surface area (Å²) in [6.45, 7) is 5.82. The molecule has 110 valence electrons. The van der Waals surface area contributed by atoms with Gasteiger partial charge >= 0.3 is 6.09 Å². The number of amides is 1. The summed E-state index contributed by atoms with van der Waals surface area (Å²) >= 11 is 0. The van der Waals surface area contributed by atoms with Gasteiger partial charge in [-0.1, -0.05) is 0 Å². The van der Waals surface area contributed by atoms with Crippen molar-refractivity contribution in [2.45, 2.75) is 44.9 Å².